The Morgan fingerprint density at radius 1 is 0.923 bits per heavy atom. The van der Waals surface area contributed by atoms with E-state index in [0.717, 1.165) is 16.7 Å². The monoisotopic (exact) mass is 356 g/mol. The van der Waals surface area contributed by atoms with Crippen molar-refractivity contribution in [2.75, 3.05) is 13.7 Å². The lowest BCUT2D eigenvalue weighted by molar-refractivity contribution is -0.148. The molecular weight excluding hydrogens is 332 g/mol. The lowest BCUT2D eigenvalue weighted by Gasteiger charge is -2.15. The Hall–Kier alpha value is -2.82. The van der Waals surface area contributed by atoms with Gasteiger partial charge < -0.3 is 14.2 Å². The lowest BCUT2D eigenvalue weighted by atomic mass is 9.96. The Labute approximate surface area is 153 Å². The Balaban J connectivity index is 1.93. The minimum atomic E-state index is -0.872. The van der Waals surface area contributed by atoms with Crippen LogP contribution in [0.5, 0.6) is 11.5 Å². The molecule has 0 aliphatic carbocycles. The van der Waals surface area contributed by atoms with Crippen molar-refractivity contribution >= 4 is 11.8 Å². The standard InChI is InChI=1S/C21H24O5/c1-13-10-15(3)19(11-14(13)2)21(23)16(4)26-20(22)12-25-18-8-6-17(24-5)7-9-18/h6-11,16H,12H2,1-5H3. The molecule has 0 spiro atoms. The number of aryl methyl sites for hydroxylation is 3. The molecule has 26 heavy (non-hydrogen) atoms. The number of methoxy groups -OCH3 is 1. The normalized spacial score (nSPS) is 11.6. The van der Waals surface area contributed by atoms with Gasteiger partial charge in [0.2, 0.25) is 5.78 Å². The van der Waals surface area contributed by atoms with Crippen LogP contribution < -0.4 is 9.47 Å². The van der Waals surface area contributed by atoms with E-state index in [2.05, 4.69) is 0 Å². The number of esters is 1. The summed E-state index contributed by atoms with van der Waals surface area (Å²) in [5.74, 6) is 0.404. The molecule has 0 aliphatic heterocycles. The van der Waals surface area contributed by atoms with Gasteiger partial charge in [-0.15, -0.1) is 0 Å². The number of benzene rings is 2. The number of carbonyl (C=O) groups is 2. The summed E-state index contributed by atoms with van der Waals surface area (Å²) in [4.78, 5) is 24.5. The van der Waals surface area contributed by atoms with Gasteiger partial charge in [-0.05, 0) is 74.7 Å². The van der Waals surface area contributed by atoms with E-state index < -0.39 is 12.1 Å². The molecule has 0 radical (unpaired) electrons. The third-order valence-corrected chi connectivity index (χ3v) is 4.20. The third-order valence-electron chi connectivity index (χ3n) is 4.20. The molecule has 2 aromatic carbocycles. The topological polar surface area (TPSA) is 61.8 Å². The molecule has 1 unspecified atom stereocenters. The van der Waals surface area contributed by atoms with E-state index in [0.29, 0.717) is 17.1 Å². The summed E-state index contributed by atoms with van der Waals surface area (Å²) in [5, 5.41) is 0. The first-order valence-electron chi connectivity index (χ1n) is 8.40. The number of rotatable bonds is 7. The molecule has 1 atom stereocenters. The van der Waals surface area contributed by atoms with Crippen molar-refractivity contribution < 1.29 is 23.8 Å². The van der Waals surface area contributed by atoms with Crippen LogP contribution in [0.25, 0.3) is 0 Å². The van der Waals surface area contributed by atoms with Crippen molar-refractivity contribution in [2.45, 2.75) is 33.8 Å². The number of ketones is 1. The average molecular weight is 356 g/mol. The van der Waals surface area contributed by atoms with Crippen molar-refractivity contribution in [1.29, 1.82) is 0 Å². The molecule has 2 rings (SSSR count). The Morgan fingerprint density at radius 2 is 1.50 bits per heavy atom. The van der Waals surface area contributed by atoms with E-state index in [1.54, 1.807) is 38.3 Å². The molecule has 2 aromatic rings. The molecule has 5 nitrogen and oxygen atoms in total. The summed E-state index contributed by atoms with van der Waals surface area (Å²) < 4.78 is 15.6. The second-order valence-electron chi connectivity index (χ2n) is 6.21. The lowest BCUT2D eigenvalue weighted by Crippen LogP contribution is -2.27. The second kappa shape index (κ2) is 8.52. The van der Waals surface area contributed by atoms with E-state index >= 15 is 0 Å². The van der Waals surface area contributed by atoms with Crippen LogP contribution in [-0.2, 0) is 9.53 Å². The van der Waals surface area contributed by atoms with Crippen LogP contribution in [0.4, 0.5) is 0 Å². The van der Waals surface area contributed by atoms with E-state index in [4.69, 9.17) is 14.2 Å². The maximum Gasteiger partial charge on any atom is 0.344 e. The van der Waals surface area contributed by atoms with Gasteiger partial charge in [0.1, 0.15) is 11.5 Å². The first-order chi connectivity index (χ1) is 12.3. The van der Waals surface area contributed by atoms with Crippen molar-refractivity contribution in [3.63, 3.8) is 0 Å². The summed E-state index contributed by atoms with van der Waals surface area (Å²) in [6, 6.07) is 10.7. The summed E-state index contributed by atoms with van der Waals surface area (Å²) in [5.41, 5.74) is 3.59. The van der Waals surface area contributed by atoms with Crippen LogP contribution >= 0.6 is 0 Å². The summed E-state index contributed by atoms with van der Waals surface area (Å²) >= 11 is 0. The molecule has 0 saturated heterocycles. The van der Waals surface area contributed by atoms with E-state index in [9.17, 15) is 9.59 Å². The summed E-state index contributed by atoms with van der Waals surface area (Å²) in [7, 11) is 1.57. The molecule has 0 bridgehead atoms. The molecule has 0 fully saturated rings. The Bertz CT molecular complexity index is 793. The fraction of sp³-hybridized carbons (Fsp3) is 0.333. The van der Waals surface area contributed by atoms with Gasteiger partial charge >= 0.3 is 5.97 Å². The maximum absolute atomic E-state index is 12.6. The van der Waals surface area contributed by atoms with Crippen LogP contribution in [0, 0.1) is 20.8 Å². The molecule has 138 valence electrons. The molecular formula is C21H24O5. The number of Topliss-reactive ketones (excluding diaryl/α,β-unsaturated/α-hetero) is 1. The molecule has 0 aliphatic rings. The highest BCUT2D eigenvalue weighted by Crippen LogP contribution is 2.19. The fourth-order valence-electron chi connectivity index (χ4n) is 2.54. The van der Waals surface area contributed by atoms with Gasteiger partial charge in [-0.2, -0.15) is 0 Å². The van der Waals surface area contributed by atoms with E-state index in [-0.39, 0.29) is 12.4 Å². The highest BCUT2D eigenvalue weighted by molar-refractivity contribution is 6.01. The minimum Gasteiger partial charge on any atom is -0.497 e. The highest BCUT2D eigenvalue weighted by Gasteiger charge is 2.21. The van der Waals surface area contributed by atoms with Gasteiger partial charge in [0.15, 0.2) is 12.7 Å². The summed E-state index contributed by atoms with van der Waals surface area (Å²) in [6.45, 7) is 7.13. The molecule has 0 saturated carbocycles. The van der Waals surface area contributed by atoms with Crippen molar-refractivity contribution in [2.24, 2.45) is 0 Å². The predicted octanol–water partition coefficient (Wildman–Crippen LogP) is 3.81. The molecule has 5 heteroatoms. The fourth-order valence-corrected chi connectivity index (χ4v) is 2.54. The first kappa shape index (κ1) is 19.5. The first-order valence-corrected chi connectivity index (χ1v) is 8.40. The number of hydrogen-bond acceptors (Lipinski definition) is 5. The van der Waals surface area contributed by atoms with Gasteiger partial charge in [-0.25, -0.2) is 4.79 Å². The second-order valence-corrected chi connectivity index (χ2v) is 6.21. The highest BCUT2D eigenvalue weighted by atomic mass is 16.6. The number of carbonyl (C=O) groups excluding carboxylic acids is 2. The molecule has 0 N–H and O–H groups in total. The Kier molecular flexibility index (Phi) is 6.39. The number of ether oxygens (including phenoxy) is 3. The van der Waals surface area contributed by atoms with E-state index in [1.165, 1.54) is 0 Å². The van der Waals surface area contributed by atoms with Gasteiger partial charge in [0, 0.05) is 5.56 Å². The molecule has 0 amide bonds. The zero-order valence-corrected chi connectivity index (χ0v) is 15.8. The van der Waals surface area contributed by atoms with Crippen molar-refractivity contribution in [3.8, 4) is 11.5 Å². The van der Waals surface area contributed by atoms with Crippen LogP contribution in [0.2, 0.25) is 0 Å². The minimum absolute atomic E-state index is 0.219. The van der Waals surface area contributed by atoms with Gasteiger partial charge in [-0.1, -0.05) is 6.07 Å². The van der Waals surface area contributed by atoms with Gasteiger partial charge in [-0.3, -0.25) is 4.79 Å². The predicted molar refractivity (Wildman–Crippen MR) is 99.0 cm³/mol. The van der Waals surface area contributed by atoms with Crippen LogP contribution in [0.1, 0.15) is 34.0 Å². The van der Waals surface area contributed by atoms with Crippen LogP contribution in [0.15, 0.2) is 36.4 Å². The largest absolute Gasteiger partial charge is 0.497 e. The Morgan fingerprint density at radius 3 is 2.12 bits per heavy atom. The van der Waals surface area contributed by atoms with Crippen molar-refractivity contribution in [3.05, 3.63) is 58.7 Å². The van der Waals surface area contributed by atoms with Crippen LogP contribution in [0.3, 0.4) is 0 Å². The zero-order valence-electron chi connectivity index (χ0n) is 15.8. The average Bonchev–Trinajstić information content (AvgIpc) is 2.62. The smallest absolute Gasteiger partial charge is 0.344 e. The maximum atomic E-state index is 12.6. The zero-order chi connectivity index (χ0) is 19.3. The van der Waals surface area contributed by atoms with Gasteiger partial charge in [0.25, 0.3) is 0 Å². The van der Waals surface area contributed by atoms with Gasteiger partial charge in [0.05, 0.1) is 7.11 Å². The van der Waals surface area contributed by atoms with E-state index in [1.807, 2.05) is 32.9 Å². The third kappa shape index (κ3) is 4.85. The number of hydrogen-bond donors (Lipinski definition) is 0. The molecule has 0 heterocycles. The summed E-state index contributed by atoms with van der Waals surface area (Å²) in [6.07, 6.45) is -0.872. The van der Waals surface area contributed by atoms with Crippen LogP contribution in [-0.4, -0.2) is 31.6 Å². The SMILES string of the molecule is COc1ccc(OCC(=O)OC(C)C(=O)c2cc(C)c(C)cc2C)cc1. The molecule has 0 aromatic heterocycles. The quantitative estimate of drug-likeness (QED) is 0.558. The van der Waals surface area contributed by atoms with Crippen molar-refractivity contribution in [1.82, 2.24) is 0 Å².